The summed E-state index contributed by atoms with van der Waals surface area (Å²) in [7, 11) is 0. The van der Waals surface area contributed by atoms with Gasteiger partial charge < -0.3 is 14.5 Å². The van der Waals surface area contributed by atoms with Crippen LogP contribution in [0.5, 0.6) is 11.6 Å². The maximum Gasteiger partial charge on any atom is 0.278 e. The van der Waals surface area contributed by atoms with E-state index in [-0.39, 0.29) is 11.6 Å². The molecular formula is C26H21N5O2. The van der Waals surface area contributed by atoms with E-state index in [0.717, 1.165) is 28.0 Å². The van der Waals surface area contributed by atoms with Gasteiger partial charge >= 0.3 is 0 Å². The van der Waals surface area contributed by atoms with E-state index < -0.39 is 0 Å². The van der Waals surface area contributed by atoms with E-state index in [1.807, 2.05) is 73.1 Å². The van der Waals surface area contributed by atoms with E-state index in [2.05, 4.69) is 15.3 Å². The summed E-state index contributed by atoms with van der Waals surface area (Å²) >= 11 is 0. The highest BCUT2D eigenvalue weighted by atomic mass is 16.5. The molecule has 0 saturated carbocycles. The molecule has 0 bridgehead atoms. The first-order chi connectivity index (χ1) is 16.1. The van der Waals surface area contributed by atoms with Gasteiger partial charge in [-0.15, -0.1) is 0 Å². The number of carbonyl (C=O) groups excluding carboxylic acids is 1. The van der Waals surface area contributed by atoms with Crippen molar-refractivity contribution in [3.63, 3.8) is 0 Å². The number of anilines is 1. The molecule has 0 aliphatic carbocycles. The van der Waals surface area contributed by atoms with E-state index in [0.29, 0.717) is 17.3 Å². The van der Waals surface area contributed by atoms with Gasteiger partial charge in [-0.05, 0) is 55.3 Å². The highest BCUT2D eigenvalue weighted by molar-refractivity contribution is 6.04. The van der Waals surface area contributed by atoms with Crippen LogP contribution in [0, 0.1) is 13.8 Å². The van der Waals surface area contributed by atoms with Crippen LogP contribution >= 0.6 is 0 Å². The number of ether oxygens (including phenoxy) is 1. The number of aromatic nitrogens is 4. The molecule has 1 amide bonds. The van der Waals surface area contributed by atoms with E-state index in [9.17, 15) is 4.79 Å². The first kappa shape index (κ1) is 20.4. The van der Waals surface area contributed by atoms with Crippen LogP contribution in [0.25, 0.3) is 16.9 Å². The Kier molecular flexibility index (Phi) is 5.28. The van der Waals surface area contributed by atoms with Crippen LogP contribution in [0.15, 0.2) is 85.5 Å². The van der Waals surface area contributed by atoms with Gasteiger partial charge in [-0.25, -0.2) is 15.0 Å². The second kappa shape index (κ2) is 8.55. The van der Waals surface area contributed by atoms with Gasteiger partial charge in [0.25, 0.3) is 5.91 Å². The van der Waals surface area contributed by atoms with Crippen LogP contribution in [-0.4, -0.2) is 25.3 Å². The molecule has 5 rings (SSSR count). The zero-order valence-corrected chi connectivity index (χ0v) is 18.2. The molecule has 33 heavy (non-hydrogen) atoms. The Morgan fingerprint density at radius 2 is 1.85 bits per heavy atom. The van der Waals surface area contributed by atoms with Gasteiger partial charge in [-0.2, -0.15) is 0 Å². The summed E-state index contributed by atoms with van der Waals surface area (Å²) < 4.78 is 7.83. The smallest absolute Gasteiger partial charge is 0.278 e. The molecule has 0 aliphatic rings. The molecule has 7 heteroatoms. The maximum absolute atomic E-state index is 13.0. The number of imidazole rings is 1. The lowest BCUT2D eigenvalue weighted by molar-refractivity contribution is 0.102. The Balaban J connectivity index is 1.36. The molecule has 0 fully saturated rings. The number of carbonyl (C=O) groups is 1. The molecule has 1 aromatic carbocycles. The predicted molar refractivity (Wildman–Crippen MR) is 127 cm³/mol. The van der Waals surface area contributed by atoms with E-state index in [4.69, 9.17) is 9.72 Å². The molecule has 1 N–H and O–H groups in total. The van der Waals surface area contributed by atoms with Crippen LogP contribution in [-0.2, 0) is 0 Å². The van der Waals surface area contributed by atoms with Gasteiger partial charge in [-0.1, -0.05) is 24.3 Å². The Bertz CT molecular complexity index is 1440. The first-order valence-electron chi connectivity index (χ1n) is 10.5. The minimum absolute atomic E-state index is 0.186. The Labute approximate surface area is 190 Å². The lowest BCUT2D eigenvalue weighted by Gasteiger charge is -2.11. The Morgan fingerprint density at radius 1 is 1.00 bits per heavy atom. The minimum atomic E-state index is -0.364. The number of nitrogens with zero attached hydrogens (tertiary/aromatic N) is 4. The van der Waals surface area contributed by atoms with Crippen molar-refractivity contribution in [2.24, 2.45) is 0 Å². The van der Waals surface area contributed by atoms with Gasteiger partial charge in [0.1, 0.15) is 5.65 Å². The Morgan fingerprint density at radius 3 is 2.61 bits per heavy atom. The van der Waals surface area contributed by atoms with Crippen molar-refractivity contribution in [3.8, 4) is 22.9 Å². The summed E-state index contributed by atoms with van der Waals surface area (Å²) in [6.45, 7) is 3.93. The summed E-state index contributed by atoms with van der Waals surface area (Å²) in [5.41, 5.74) is 5.58. The third-order valence-electron chi connectivity index (χ3n) is 5.17. The van der Waals surface area contributed by atoms with Gasteiger partial charge in [0.2, 0.25) is 5.88 Å². The molecule has 4 heterocycles. The van der Waals surface area contributed by atoms with Crippen molar-refractivity contribution in [2.75, 3.05) is 5.32 Å². The van der Waals surface area contributed by atoms with Crippen LogP contribution < -0.4 is 10.1 Å². The van der Waals surface area contributed by atoms with Crippen molar-refractivity contribution < 1.29 is 9.53 Å². The van der Waals surface area contributed by atoms with Crippen molar-refractivity contribution in [3.05, 3.63) is 102 Å². The number of amides is 1. The zero-order chi connectivity index (χ0) is 22.8. The van der Waals surface area contributed by atoms with Gasteiger partial charge in [0, 0.05) is 42.1 Å². The number of fused-ring (bicyclic) bond motifs is 1. The predicted octanol–water partition coefficient (Wildman–Crippen LogP) is 5.45. The van der Waals surface area contributed by atoms with Gasteiger partial charge in [0.15, 0.2) is 11.4 Å². The zero-order valence-electron chi connectivity index (χ0n) is 18.2. The van der Waals surface area contributed by atoms with E-state index >= 15 is 0 Å². The van der Waals surface area contributed by atoms with Crippen molar-refractivity contribution in [1.82, 2.24) is 19.4 Å². The molecule has 4 aromatic heterocycles. The number of hydrogen-bond acceptors (Lipinski definition) is 5. The van der Waals surface area contributed by atoms with E-state index in [1.54, 1.807) is 30.6 Å². The Hall–Kier alpha value is -4.52. The standard InChI is InChI=1S/C26H21N5O2/c1-17-14-22(33-23-7-3-4-12-27-23)24(28-15-17)26(32)29-20-10-8-19(9-11-20)21-16-31-13-5-6-18(2)25(31)30-21/h3-16H,1-2H3,(H,29,32). The first-order valence-corrected chi connectivity index (χ1v) is 10.5. The highest BCUT2D eigenvalue weighted by Crippen LogP contribution is 2.26. The lowest BCUT2D eigenvalue weighted by Crippen LogP contribution is -2.15. The largest absolute Gasteiger partial charge is 0.437 e. The number of pyridine rings is 3. The number of benzene rings is 1. The number of aryl methyl sites for hydroxylation is 2. The minimum Gasteiger partial charge on any atom is -0.437 e. The second-order valence-corrected chi connectivity index (χ2v) is 7.71. The summed E-state index contributed by atoms with van der Waals surface area (Å²) in [4.78, 5) is 26.1. The fourth-order valence-corrected chi connectivity index (χ4v) is 3.52. The topological polar surface area (TPSA) is 81.4 Å². The average molecular weight is 435 g/mol. The van der Waals surface area contributed by atoms with Crippen molar-refractivity contribution in [2.45, 2.75) is 13.8 Å². The number of hydrogen-bond donors (Lipinski definition) is 1. The molecule has 0 aliphatic heterocycles. The molecule has 7 nitrogen and oxygen atoms in total. The fourth-order valence-electron chi connectivity index (χ4n) is 3.52. The second-order valence-electron chi connectivity index (χ2n) is 7.71. The van der Waals surface area contributed by atoms with Gasteiger partial charge in [0.05, 0.1) is 5.69 Å². The average Bonchev–Trinajstić information content (AvgIpc) is 3.26. The van der Waals surface area contributed by atoms with Crippen molar-refractivity contribution >= 4 is 17.2 Å². The highest BCUT2D eigenvalue weighted by Gasteiger charge is 2.16. The van der Waals surface area contributed by atoms with E-state index in [1.165, 1.54) is 0 Å². The molecule has 5 aromatic rings. The maximum atomic E-state index is 13.0. The third-order valence-corrected chi connectivity index (χ3v) is 5.17. The molecule has 0 saturated heterocycles. The van der Waals surface area contributed by atoms with Crippen LogP contribution in [0.2, 0.25) is 0 Å². The summed E-state index contributed by atoms with van der Waals surface area (Å²) in [5.74, 6) is 0.380. The number of rotatable bonds is 5. The molecule has 162 valence electrons. The summed E-state index contributed by atoms with van der Waals surface area (Å²) in [6, 6.07) is 18.7. The van der Waals surface area contributed by atoms with Crippen LogP contribution in [0.1, 0.15) is 21.6 Å². The quantitative estimate of drug-likeness (QED) is 0.397. The molecule has 0 radical (unpaired) electrons. The third kappa shape index (κ3) is 4.29. The number of nitrogens with one attached hydrogen (secondary N) is 1. The molecular weight excluding hydrogens is 414 g/mol. The van der Waals surface area contributed by atoms with Crippen LogP contribution in [0.3, 0.4) is 0 Å². The van der Waals surface area contributed by atoms with Gasteiger partial charge in [-0.3, -0.25) is 4.79 Å². The molecule has 0 unspecified atom stereocenters. The lowest BCUT2D eigenvalue weighted by atomic mass is 10.1. The SMILES string of the molecule is Cc1cnc(C(=O)Nc2ccc(-c3cn4cccc(C)c4n3)cc2)c(Oc2ccccn2)c1. The molecule has 0 spiro atoms. The van der Waals surface area contributed by atoms with Crippen LogP contribution in [0.4, 0.5) is 5.69 Å². The normalized spacial score (nSPS) is 10.8. The monoisotopic (exact) mass is 435 g/mol. The van der Waals surface area contributed by atoms with Crippen molar-refractivity contribution in [1.29, 1.82) is 0 Å². The summed E-state index contributed by atoms with van der Waals surface area (Å²) in [5, 5.41) is 2.89. The summed E-state index contributed by atoms with van der Waals surface area (Å²) in [6.07, 6.45) is 7.24. The molecule has 0 atom stereocenters. The fraction of sp³-hybridized carbons (Fsp3) is 0.0769.